The third-order valence-corrected chi connectivity index (χ3v) is 2.90. The molecule has 0 aromatic heterocycles. The van der Waals surface area contributed by atoms with Crippen LogP contribution in [0.15, 0.2) is 12.7 Å². The standard InChI is InChI=1S/C15H32O6.C3H4O2/c1-11(17)7-18-13(3)9-20-15(5)10-21-14(4)8-19-12(2)6-16;1-2-3(4)5/h11-17H,6-10H2,1-5H3;2H,1H2,(H,4,5). The van der Waals surface area contributed by atoms with Crippen molar-refractivity contribution in [2.75, 3.05) is 33.0 Å². The Kier molecular flexibility index (Phi) is 18.2. The van der Waals surface area contributed by atoms with Crippen LogP contribution in [-0.4, -0.2) is 84.8 Å². The van der Waals surface area contributed by atoms with Crippen LogP contribution in [0.4, 0.5) is 0 Å². The van der Waals surface area contributed by atoms with Crippen LogP contribution < -0.4 is 0 Å². The Morgan fingerprint density at radius 3 is 1.42 bits per heavy atom. The molecule has 0 aliphatic rings. The molecule has 0 amide bonds. The average Bonchev–Trinajstić information content (AvgIpc) is 2.61. The Bertz CT molecular complexity index is 348. The minimum absolute atomic E-state index is 0.0105. The van der Waals surface area contributed by atoms with E-state index in [1.54, 1.807) is 6.92 Å². The maximum absolute atomic E-state index is 9.25. The number of aliphatic hydroxyl groups is 2. The molecule has 0 radical (unpaired) electrons. The van der Waals surface area contributed by atoms with Gasteiger partial charge in [-0.1, -0.05) is 6.58 Å². The SMILES string of the molecule is C=CC(=O)O.CC(O)COC(C)COC(C)COC(C)COC(C)CO. The number of hydrogen-bond donors (Lipinski definition) is 3. The zero-order valence-corrected chi connectivity index (χ0v) is 16.6. The highest BCUT2D eigenvalue weighted by Gasteiger charge is 2.11. The first kappa shape index (κ1) is 27.2. The summed E-state index contributed by atoms with van der Waals surface area (Å²) in [5, 5.41) is 25.6. The van der Waals surface area contributed by atoms with Crippen LogP contribution in [0.5, 0.6) is 0 Å². The second kappa shape index (κ2) is 17.4. The van der Waals surface area contributed by atoms with Gasteiger partial charge in [-0.05, 0) is 34.6 Å². The first-order chi connectivity index (χ1) is 12.1. The number of hydrogen-bond acceptors (Lipinski definition) is 7. The highest BCUT2D eigenvalue weighted by Crippen LogP contribution is 2.02. The van der Waals surface area contributed by atoms with E-state index < -0.39 is 12.1 Å². The van der Waals surface area contributed by atoms with Gasteiger partial charge in [0.15, 0.2) is 0 Å². The second-order valence-corrected chi connectivity index (χ2v) is 6.15. The summed E-state index contributed by atoms with van der Waals surface area (Å²) in [6, 6.07) is 0. The summed E-state index contributed by atoms with van der Waals surface area (Å²) in [4.78, 5) is 9.25. The van der Waals surface area contributed by atoms with Gasteiger partial charge in [-0.3, -0.25) is 0 Å². The minimum Gasteiger partial charge on any atom is -0.478 e. The van der Waals surface area contributed by atoms with Gasteiger partial charge in [-0.15, -0.1) is 0 Å². The molecule has 26 heavy (non-hydrogen) atoms. The Balaban J connectivity index is 0. The molecule has 0 fully saturated rings. The molecule has 0 spiro atoms. The zero-order valence-electron chi connectivity index (χ0n) is 16.6. The molecule has 3 N–H and O–H groups in total. The van der Waals surface area contributed by atoms with Crippen molar-refractivity contribution in [1.29, 1.82) is 0 Å². The Hall–Kier alpha value is -1.03. The van der Waals surface area contributed by atoms with Gasteiger partial charge < -0.3 is 34.3 Å². The summed E-state index contributed by atoms with van der Waals surface area (Å²) in [6.45, 7) is 13.9. The van der Waals surface area contributed by atoms with E-state index in [2.05, 4.69) is 6.58 Å². The number of carboxylic acids is 1. The molecule has 8 nitrogen and oxygen atoms in total. The molecule has 5 atom stereocenters. The highest BCUT2D eigenvalue weighted by atomic mass is 16.6. The molecule has 156 valence electrons. The fourth-order valence-electron chi connectivity index (χ4n) is 1.40. The summed E-state index contributed by atoms with van der Waals surface area (Å²) in [7, 11) is 0. The van der Waals surface area contributed by atoms with Gasteiger partial charge in [0, 0.05) is 6.08 Å². The molecule has 0 aromatic rings. The summed E-state index contributed by atoms with van der Waals surface area (Å²) in [6.07, 6.45) is 0.0505. The van der Waals surface area contributed by atoms with Crippen LogP contribution in [0, 0.1) is 0 Å². The number of carbonyl (C=O) groups is 1. The van der Waals surface area contributed by atoms with Gasteiger partial charge >= 0.3 is 5.97 Å². The smallest absolute Gasteiger partial charge is 0.327 e. The maximum atomic E-state index is 9.25. The molecule has 8 heteroatoms. The van der Waals surface area contributed by atoms with Crippen LogP contribution in [0.1, 0.15) is 34.6 Å². The second-order valence-electron chi connectivity index (χ2n) is 6.15. The molecule has 0 aromatic carbocycles. The van der Waals surface area contributed by atoms with Crippen LogP contribution in [0.2, 0.25) is 0 Å². The number of aliphatic hydroxyl groups excluding tert-OH is 2. The largest absolute Gasteiger partial charge is 0.478 e. The van der Waals surface area contributed by atoms with Gasteiger partial charge in [0.25, 0.3) is 0 Å². The summed E-state index contributed by atoms with van der Waals surface area (Å²) in [5.41, 5.74) is 0. The third-order valence-electron chi connectivity index (χ3n) is 2.90. The molecule has 0 bridgehead atoms. The van der Waals surface area contributed by atoms with Crippen LogP contribution in [0.25, 0.3) is 0 Å². The van der Waals surface area contributed by atoms with Gasteiger partial charge in [-0.2, -0.15) is 0 Å². The van der Waals surface area contributed by atoms with Crippen molar-refractivity contribution < 1.29 is 39.1 Å². The Morgan fingerprint density at radius 1 is 0.846 bits per heavy atom. The summed E-state index contributed by atoms with van der Waals surface area (Å²) < 4.78 is 22.0. The zero-order chi connectivity index (χ0) is 20.5. The van der Waals surface area contributed by atoms with E-state index in [0.717, 1.165) is 6.08 Å². The lowest BCUT2D eigenvalue weighted by Crippen LogP contribution is -2.28. The predicted octanol–water partition coefficient (Wildman–Crippen LogP) is 1.24. The van der Waals surface area contributed by atoms with Gasteiger partial charge in [-0.25, -0.2) is 4.79 Å². The number of ether oxygens (including phenoxy) is 4. The van der Waals surface area contributed by atoms with E-state index in [4.69, 9.17) is 34.3 Å². The first-order valence-electron chi connectivity index (χ1n) is 8.72. The molecule has 0 saturated carbocycles. The molecule has 0 aliphatic heterocycles. The highest BCUT2D eigenvalue weighted by molar-refractivity contribution is 5.78. The fraction of sp³-hybridized carbons (Fsp3) is 0.833. The lowest BCUT2D eigenvalue weighted by molar-refractivity contribution is -0.131. The predicted molar refractivity (Wildman–Crippen MR) is 98.3 cm³/mol. The molecular weight excluding hydrogens is 344 g/mol. The number of carboxylic acid groups (broad SMARTS) is 1. The van der Waals surface area contributed by atoms with E-state index in [-0.39, 0.29) is 31.0 Å². The molecular formula is C18H36O8. The van der Waals surface area contributed by atoms with E-state index in [1.165, 1.54) is 0 Å². The molecule has 5 unspecified atom stereocenters. The van der Waals surface area contributed by atoms with Gasteiger partial charge in [0.05, 0.1) is 63.6 Å². The van der Waals surface area contributed by atoms with E-state index in [0.29, 0.717) is 26.4 Å². The molecule has 0 saturated heterocycles. The van der Waals surface area contributed by atoms with Crippen molar-refractivity contribution in [3.05, 3.63) is 12.7 Å². The minimum atomic E-state index is -0.981. The number of rotatable bonds is 14. The maximum Gasteiger partial charge on any atom is 0.327 e. The van der Waals surface area contributed by atoms with Crippen LogP contribution >= 0.6 is 0 Å². The van der Waals surface area contributed by atoms with Crippen molar-refractivity contribution in [2.24, 2.45) is 0 Å². The normalized spacial score (nSPS) is 16.6. The van der Waals surface area contributed by atoms with E-state index >= 15 is 0 Å². The van der Waals surface area contributed by atoms with Crippen molar-refractivity contribution in [1.82, 2.24) is 0 Å². The van der Waals surface area contributed by atoms with Crippen molar-refractivity contribution in [3.63, 3.8) is 0 Å². The summed E-state index contributed by atoms with van der Waals surface area (Å²) >= 11 is 0. The quantitative estimate of drug-likeness (QED) is 0.386. The van der Waals surface area contributed by atoms with E-state index in [9.17, 15) is 4.79 Å². The third kappa shape index (κ3) is 21.0. The van der Waals surface area contributed by atoms with E-state index in [1.807, 2.05) is 27.7 Å². The van der Waals surface area contributed by atoms with Crippen molar-refractivity contribution in [3.8, 4) is 0 Å². The van der Waals surface area contributed by atoms with Crippen molar-refractivity contribution in [2.45, 2.75) is 65.1 Å². The molecule has 0 heterocycles. The fourth-order valence-corrected chi connectivity index (χ4v) is 1.40. The lowest BCUT2D eigenvalue weighted by atomic mass is 10.3. The van der Waals surface area contributed by atoms with Gasteiger partial charge in [0.1, 0.15) is 0 Å². The Morgan fingerprint density at radius 2 is 1.15 bits per heavy atom. The average molecular weight is 380 g/mol. The monoisotopic (exact) mass is 380 g/mol. The Labute approximate surface area is 156 Å². The van der Waals surface area contributed by atoms with Crippen molar-refractivity contribution >= 4 is 5.97 Å². The first-order valence-corrected chi connectivity index (χ1v) is 8.72. The van der Waals surface area contributed by atoms with Crippen LogP contribution in [0.3, 0.4) is 0 Å². The van der Waals surface area contributed by atoms with Gasteiger partial charge in [0.2, 0.25) is 0 Å². The molecule has 0 rings (SSSR count). The topological polar surface area (TPSA) is 115 Å². The number of aliphatic carboxylic acids is 1. The van der Waals surface area contributed by atoms with Crippen LogP contribution in [-0.2, 0) is 23.7 Å². The summed E-state index contributed by atoms with van der Waals surface area (Å²) in [5.74, 6) is -0.981. The lowest BCUT2D eigenvalue weighted by Gasteiger charge is -2.21. The molecule has 0 aliphatic carbocycles.